The highest BCUT2D eigenvalue weighted by Gasteiger charge is 2.64. The molecule has 112 valence electrons. The maximum Gasteiger partial charge on any atom is 0.420 e. The molecule has 2 unspecified atom stereocenters. The highest BCUT2D eigenvalue weighted by molar-refractivity contribution is 6.09. The van der Waals surface area contributed by atoms with Crippen LogP contribution in [0.25, 0.3) is 0 Å². The van der Waals surface area contributed by atoms with Crippen LogP contribution in [0.2, 0.25) is 0 Å². The molecule has 9 heteroatoms. The van der Waals surface area contributed by atoms with Crippen LogP contribution in [0.1, 0.15) is 13.3 Å². The van der Waals surface area contributed by atoms with E-state index in [1.54, 1.807) is 5.32 Å². The zero-order valence-corrected chi connectivity index (χ0v) is 10.6. The summed E-state index contributed by atoms with van der Waals surface area (Å²) in [6.45, 7) is 0.469. The number of carbonyl (C=O) groups excluding carboxylic acids is 3. The van der Waals surface area contributed by atoms with Crippen LogP contribution in [0.3, 0.4) is 0 Å². The summed E-state index contributed by atoms with van der Waals surface area (Å²) in [5, 5.41) is 1.59. The van der Waals surface area contributed by atoms with Gasteiger partial charge >= 0.3 is 12.2 Å². The SMILES string of the molecule is CC1(C(F)(F)F)NC(=O)N(CC(=O)C2CCOC2)C1=O. The Kier molecular flexibility index (Phi) is 3.49. The number of Topliss-reactive ketones (excluding diaryl/α,β-unsaturated/α-hetero) is 1. The lowest BCUT2D eigenvalue weighted by molar-refractivity contribution is -0.191. The molecule has 0 aromatic heterocycles. The minimum Gasteiger partial charge on any atom is -0.381 e. The van der Waals surface area contributed by atoms with E-state index in [2.05, 4.69) is 0 Å². The Morgan fingerprint density at radius 1 is 1.50 bits per heavy atom. The van der Waals surface area contributed by atoms with E-state index >= 15 is 0 Å². The lowest BCUT2D eigenvalue weighted by atomic mass is 10.0. The van der Waals surface area contributed by atoms with Crippen molar-refractivity contribution in [3.63, 3.8) is 0 Å². The van der Waals surface area contributed by atoms with Crippen LogP contribution >= 0.6 is 0 Å². The number of nitrogens with zero attached hydrogens (tertiary/aromatic N) is 1. The van der Waals surface area contributed by atoms with Gasteiger partial charge in [0.15, 0.2) is 5.78 Å². The van der Waals surface area contributed by atoms with Crippen LogP contribution in [-0.4, -0.2) is 54.1 Å². The van der Waals surface area contributed by atoms with E-state index in [9.17, 15) is 27.6 Å². The summed E-state index contributed by atoms with van der Waals surface area (Å²) in [6.07, 6.45) is -4.48. The van der Waals surface area contributed by atoms with E-state index < -0.39 is 41.9 Å². The first kappa shape index (κ1) is 14.8. The van der Waals surface area contributed by atoms with Gasteiger partial charge in [-0.3, -0.25) is 14.5 Å². The monoisotopic (exact) mass is 294 g/mol. The summed E-state index contributed by atoms with van der Waals surface area (Å²) < 4.78 is 43.4. The lowest BCUT2D eigenvalue weighted by Gasteiger charge is -2.24. The number of nitrogens with one attached hydrogen (secondary N) is 1. The summed E-state index contributed by atoms with van der Waals surface area (Å²) in [5.74, 6) is -2.41. The number of hydrogen-bond donors (Lipinski definition) is 1. The molecule has 0 bridgehead atoms. The molecule has 2 aliphatic heterocycles. The third-order valence-corrected chi connectivity index (χ3v) is 3.54. The normalized spacial score (nSPS) is 30.8. The average Bonchev–Trinajstić information content (AvgIpc) is 2.92. The van der Waals surface area contributed by atoms with Crippen molar-refractivity contribution in [2.45, 2.75) is 25.1 Å². The van der Waals surface area contributed by atoms with E-state index in [-0.39, 0.29) is 6.61 Å². The number of urea groups is 1. The van der Waals surface area contributed by atoms with Crippen LogP contribution in [0.15, 0.2) is 0 Å². The number of ketones is 1. The smallest absolute Gasteiger partial charge is 0.381 e. The maximum atomic E-state index is 12.8. The van der Waals surface area contributed by atoms with E-state index in [1.807, 2.05) is 0 Å². The first-order valence-electron chi connectivity index (χ1n) is 5.98. The van der Waals surface area contributed by atoms with Gasteiger partial charge in [-0.15, -0.1) is 0 Å². The van der Waals surface area contributed by atoms with E-state index in [0.717, 1.165) is 0 Å². The standard InChI is InChI=1S/C11H13F3N2O4/c1-10(11(12,13)14)8(18)16(9(19)15-10)4-7(17)6-2-3-20-5-6/h6H,2-5H2,1H3,(H,15,19). The van der Waals surface area contributed by atoms with Crippen molar-refractivity contribution in [2.75, 3.05) is 19.8 Å². The second-order valence-electron chi connectivity index (χ2n) is 4.97. The maximum absolute atomic E-state index is 12.8. The highest BCUT2D eigenvalue weighted by Crippen LogP contribution is 2.35. The molecule has 2 heterocycles. The van der Waals surface area contributed by atoms with Crippen LogP contribution < -0.4 is 5.32 Å². The summed E-state index contributed by atoms with van der Waals surface area (Å²) in [7, 11) is 0. The third-order valence-electron chi connectivity index (χ3n) is 3.54. The Morgan fingerprint density at radius 2 is 2.15 bits per heavy atom. The quantitative estimate of drug-likeness (QED) is 0.768. The topological polar surface area (TPSA) is 75.7 Å². The molecule has 3 amide bonds. The number of carbonyl (C=O) groups is 3. The molecule has 0 radical (unpaired) electrons. The van der Waals surface area contributed by atoms with Gasteiger partial charge in [0, 0.05) is 12.5 Å². The van der Waals surface area contributed by atoms with Crippen LogP contribution in [0.5, 0.6) is 0 Å². The first-order chi connectivity index (χ1) is 9.17. The zero-order valence-electron chi connectivity index (χ0n) is 10.6. The molecule has 2 atom stereocenters. The summed E-state index contributed by atoms with van der Waals surface area (Å²) >= 11 is 0. The molecule has 2 rings (SSSR count). The number of alkyl halides is 3. The fourth-order valence-electron chi connectivity index (χ4n) is 2.11. The minimum atomic E-state index is -4.92. The van der Waals surface area contributed by atoms with Crippen molar-refractivity contribution >= 4 is 17.7 Å². The van der Waals surface area contributed by atoms with Gasteiger partial charge in [0.1, 0.15) is 0 Å². The molecule has 0 aliphatic carbocycles. The van der Waals surface area contributed by atoms with E-state index in [0.29, 0.717) is 24.9 Å². The predicted octanol–water partition coefficient (Wildman–Crippen LogP) is 0.465. The van der Waals surface area contributed by atoms with Crippen molar-refractivity contribution in [2.24, 2.45) is 5.92 Å². The Balaban J connectivity index is 2.11. The number of ether oxygens (including phenoxy) is 1. The summed E-state index contributed by atoms with van der Waals surface area (Å²) in [4.78, 5) is 35.4. The first-order valence-corrected chi connectivity index (χ1v) is 5.98. The molecule has 2 saturated heterocycles. The zero-order chi connectivity index (χ0) is 15.1. The van der Waals surface area contributed by atoms with Crippen molar-refractivity contribution in [1.29, 1.82) is 0 Å². The molecule has 20 heavy (non-hydrogen) atoms. The molecular formula is C11H13F3N2O4. The van der Waals surface area contributed by atoms with Crippen molar-refractivity contribution in [1.82, 2.24) is 10.2 Å². The minimum absolute atomic E-state index is 0.166. The van der Waals surface area contributed by atoms with Crippen molar-refractivity contribution < 1.29 is 32.3 Å². The Hall–Kier alpha value is -1.64. The molecule has 0 spiro atoms. The van der Waals surface area contributed by atoms with Gasteiger partial charge in [0.05, 0.1) is 13.2 Å². The van der Waals surface area contributed by atoms with Gasteiger partial charge in [-0.05, 0) is 13.3 Å². The van der Waals surface area contributed by atoms with E-state index in [4.69, 9.17) is 4.74 Å². The Morgan fingerprint density at radius 3 is 2.60 bits per heavy atom. The van der Waals surface area contributed by atoms with Gasteiger partial charge in [-0.1, -0.05) is 0 Å². The predicted molar refractivity (Wildman–Crippen MR) is 58.6 cm³/mol. The van der Waals surface area contributed by atoms with E-state index in [1.165, 1.54) is 0 Å². The molecule has 6 nitrogen and oxygen atoms in total. The largest absolute Gasteiger partial charge is 0.420 e. The van der Waals surface area contributed by atoms with Crippen LogP contribution in [-0.2, 0) is 14.3 Å². The summed E-state index contributed by atoms with van der Waals surface area (Å²) in [5.41, 5.74) is -2.98. The second-order valence-corrected chi connectivity index (χ2v) is 4.97. The van der Waals surface area contributed by atoms with Crippen LogP contribution in [0.4, 0.5) is 18.0 Å². The fraction of sp³-hybridized carbons (Fsp3) is 0.727. The number of hydrogen-bond acceptors (Lipinski definition) is 4. The number of imide groups is 1. The Labute approximate surface area is 112 Å². The summed E-state index contributed by atoms with van der Waals surface area (Å²) in [6, 6.07) is -1.21. The average molecular weight is 294 g/mol. The molecule has 0 aromatic rings. The van der Waals surface area contributed by atoms with Gasteiger partial charge in [0.25, 0.3) is 5.91 Å². The van der Waals surface area contributed by atoms with Gasteiger partial charge in [0.2, 0.25) is 5.54 Å². The molecule has 2 aliphatic rings. The molecule has 1 N–H and O–H groups in total. The van der Waals surface area contributed by atoms with Crippen LogP contribution in [0, 0.1) is 5.92 Å². The highest BCUT2D eigenvalue weighted by atomic mass is 19.4. The van der Waals surface area contributed by atoms with Crippen molar-refractivity contribution in [3.05, 3.63) is 0 Å². The number of halogens is 3. The Bertz CT molecular complexity index is 459. The lowest BCUT2D eigenvalue weighted by Crippen LogP contribution is -2.56. The number of rotatable bonds is 3. The van der Waals surface area contributed by atoms with Gasteiger partial charge in [-0.25, -0.2) is 4.79 Å². The number of amides is 3. The molecule has 2 fully saturated rings. The third kappa shape index (κ3) is 2.26. The molecular weight excluding hydrogens is 281 g/mol. The second kappa shape index (κ2) is 4.72. The molecule has 0 saturated carbocycles. The molecule has 0 aromatic carbocycles. The fourth-order valence-corrected chi connectivity index (χ4v) is 2.11. The van der Waals surface area contributed by atoms with Gasteiger partial charge < -0.3 is 10.1 Å². The van der Waals surface area contributed by atoms with Gasteiger partial charge in [-0.2, -0.15) is 13.2 Å². The van der Waals surface area contributed by atoms with Crippen molar-refractivity contribution in [3.8, 4) is 0 Å².